The Kier molecular flexibility index (Phi) is 3.02. The lowest BCUT2D eigenvalue weighted by Crippen LogP contribution is -1.96. The number of aromatic carboxylic acids is 1. The molecule has 5 heteroatoms. The zero-order valence-electron chi connectivity index (χ0n) is 9.44. The highest BCUT2D eigenvalue weighted by molar-refractivity contribution is 9.10. The summed E-state index contributed by atoms with van der Waals surface area (Å²) in [5.74, 6) is -0.365. The van der Waals surface area contributed by atoms with Gasteiger partial charge in [0.2, 0.25) is 0 Å². The van der Waals surface area contributed by atoms with E-state index in [9.17, 15) is 4.79 Å². The number of benzene rings is 1. The third-order valence-electron chi connectivity index (χ3n) is 2.53. The molecule has 1 aromatic heterocycles. The molecule has 0 aliphatic carbocycles. The first-order valence-corrected chi connectivity index (χ1v) is 5.84. The van der Waals surface area contributed by atoms with Crippen LogP contribution in [0.4, 0.5) is 0 Å². The second-order valence-electron chi connectivity index (χ2n) is 3.78. The van der Waals surface area contributed by atoms with Crippen molar-refractivity contribution in [2.24, 2.45) is 0 Å². The van der Waals surface area contributed by atoms with Gasteiger partial charge in [0.15, 0.2) is 5.69 Å². The second-order valence-corrected chi connectivity index (χ2v) is 4.64. The molecule has 0 fully saturated rings. The fraction of sp³-hybridized carbons (Fsp3) is 0.167. The quantitative estimate of drug-likeness (QED) is 0.926. The molecule has 0 radical (unpaired) electrons. The molecule has 0 atom stereocenters. The van der Waals surface area contributed by atoms with Crippen molar-refractivity contribution in [1.29, 1.82) is 0 Å². The Balaban J connectivity index is 2.52. The van der Waals surface area contributed by atoms with Gasteiger partial charge in [-0.05, 0) is 31.5 Å². The standard InChI is InChI=1S/C12H11BrN2O2/c1-7-3-4-9(5-10(7)13)15-6-11(12(16)17)14-8(15)2/h3-6H,1-2H3,(H,16,17). The van der Waals surface area contributed by atoms with Gasteiger partial charge in [0.05, 0.1) is 0 Å². The normalized spacial score (nSPS) is 10.5. The van der Waals surface area contributed by atoms with Crippen molar-refractivity contribution in [2.75, 3.05) is 0 Å². The molecule has 4 nitrogen and oxygen atoms in total. The molecule has 1 N–H and O–H groups in total. The highest BCUT2D eigenvalue weighted by Crippen LogP contribution is 2.21. The third kappa shape index (κ3) is 2.24. The van der Waals surface area contributed by atoms with E-state index in [0.29, 0.717) is 5.82 Å². The van der Waals surface area contributed by atoms with E-state index in [4.69, 9.17) is 5.11 Å². The first-order valence-electron chi connectivity index (χ1n) is 5.05. The van der Waals surface area contributed by atoms with Gasteiger partial charge in [-0.1, -0.05) is 22.0 Å². The van der Waals surface area contributed by atoms with Crippen molar-refractivity contribution < 1.29 is 9.90 Å². The van der Waals surface area contributed by atoms with Crippen LogP contribution >= 0.6 is 15.9 Å². The molecule has 2 aromatic rings. The Morgan fingerprint density at radius 2 is 2.12 bits per heavy atom. The Morgan fingerprint density at radius 1 is 1.41 bits per heavy atom. The molecule has 0 bridgehead atoms. The largest absolute Gasteiger partial charge is 0.476 e. The van der Waals surface area contributed by atoms with Crippen molar-refractivity contribution in [3.63, 3.8) is 0 Å². The Bertz CT molecular complexity index is 590. The molecule has 0 saturated carbocycles. The second kappa shape index (κ2) is 4.33. The molecule has 88 valence electrons. The highest BCUT2D eigenvalue weighted by Gasteiger charge is 2.11. The van der Waals surface area contributed by atoms with E-state index in [-0.39, 0.29) is 5.69 Å². The topological polar surface area (TPSA) is 55.1 Å². The maximum absolute atomic E-state index is 10.8. The molecule has 0 amide bonds. The van der Waals surface area contributed by atoms with Gasteiger partial charge < -0.3 is 9.67 Å². The SMILES string of the molecule is Cc1ccc(-n2cc(C(=O)O)nc2C)cc1Br. The van der Waals surface area contributed by atoms with Gasteiger partial charge in [-0.25, -0.2) is 9.78 Å². The van der Waals surface area contributed by atoms with E-state index in [1.54, 1.807) is 11.5 Å². The minimum absolute atomic E-state index is 0.0548. The molecule has 0 aliphatic heterocycles. The maximum atomic E-state index is 10.8. The Hall–Kier alpha value is -1.62. The van der Waals surface area contributed by atoms with Gasteiger partial charge in [-0.2, -0.15) is 0 Å². The zero-order chi connectivity index (χ0) is 12.6. The molecule has 1 aromatic carbocycles. The summed E-state index contributed by atoms with van der Waals surface area (Å²) in [5.41, 5.74) is 2.07. The summed E-state index contributed by atoms with van der Waals surface area (Å²) >= 11 is 3.45. The molecular formula is C12H11BrN2O2. The predicted molar refractivity (Wildman–Crippen MR) is 67.7 cm³/mol. The van der Waals surface area contributed by atoms with Crippen molar-refractivity contribution in [3.05, 3.63) is 46.0 Å². The summed E-state index contributed by atoms with van der Waals surface area (Å²) in [5, 5.41) is 8.88. The lowest BCUT2D eigenvalue weighted by atomic mass is 10.2. The van der Waals surface area contributed by atoms with Gasteiger partial charge in [-0.15, -0.1) is 0 Å². The van der Waals surface area contributed by atoms with E-state index in [1.807, 2.05) is 25.1 Å². The number of halogens is 1. The summed E-state index contributed by atoms with van der Waals surface area (Å²) in [6, 6.07) is 5.84. The van der Waals surface area contributed by atoms with Crippen molar-refractivity contribution in [1.82, 2.24) is 9.55 Å². The highest BCUT2D eigenvalue weighted by atomic mass is 79.9. The summed E-state index contributed by atoms with van der Waals surface area (Å²) in [7, 11) is 0. The first-order chi connectivity index (χ1) is 7.99. The van der Waals surface area contributed by atoms with Crippen LogP contribution in [0.25, 0.3) is 5.69 Å². The lowest BCUT2D eigenvalue weighted by molar-refractivity contribution is 0.0691. The number of carboxylic acids is 1. The number of aromatic nitrogens is 2. The number of carboxylic acid groups (broad SMARTS) is 1. The zero-order valence-corrected chi connectivity index (χ0v) is 11.0. The minimum Gasteiger partial charge on any atom is -0.476 e. The van der Waals surface area contributed by atoms with Crippen LogP contribution in [0, 0.1) is 13.8 Å². The van der Waals surface area contributed by atoms with Crippen molar-refractivity contribution in [2.45, 2.75) is 13.8 Å². The number of carbonyl (C=O) groups is 1. The van der Waals surface area contributed by atoms with Crippen LogP contribution in [-0.2, 0) is 0 Å². The number of hydrogen-bond donors (Lipinski definition) is 1. The fourth-order valence-corrected chi connectivity index (χ4v) is 1.94. The molecular weight excluding hydrogens is 284 g/mol. The van der Waals surface area contributed by atoms with Crippen LogP contribution in [0.5, 0.6) is 0 Å². The summed E-state index contributed by atoms with van der Waals surface area (Å²) in [6.45, 7) is 3.78. The summed E-state index contributed by atoms with van der Waals surface area (Å²) in [6.07, 6.45) is 1.52. The molecule has 0 spiro atoms. The number of aryl methyl sites for hydroxylation is 2. The van der Waals surface area contributed by atoms with Crippen LogP contribution in [0.1, 0.15) is 21.9 Å². The minimum atomic E-state index is -1.02. The molecule has 0 saturated heterocycles. The lowest BCUT2D eigenvalue weighted by Gasteiger charge is -2.06. The van der Waals surface area contributed by atoms with Crippen LogP contribution in [-0.4, -0.2) is 20.6 Å². The smallest absolute Gasteiger partial charge is 0.356 e. The Labute approximate surface area is 107 Å². The third-order valence-corrected chi connectivity index (χ3v) is 3.39. The average Bonchev–Trinajstić information content (AvgIpc) is 2.65. The van der Waals surface area contributed by atoms with E-state index in [0.717, 1.165) is 15.7 Å². The van der Waals surface area contributed by atoms with E-state index >= 15 is 0 Å². The van der Waals surface area contributed by atoms with Crippen LogP contribution in [0.3, 0.4) is 0 Å². The molecule has 0 aliphatic rings. The van der Waals surface area contributed by atoms with Gasteiger partial charge >= 0.3 is 5.97 Å². The van der Waals surface area contributed by atoms with Gasteiger partial charge in [0, 0.05) is 16.4 Å². The van der Waals surface area contributed by atoms with E-state index in [1.165, 1.54) is 6.20 Å². The van der Waals surface area contributed by atoms with E-state index < -0.39 is 5.97 Å². The maximum Gasteiger partial charge on any atom is 0.356 e. The average molecular weight is 295 g/mol. The fourth-order valence-electron chi connectivity index (χ4n) is 1.57. The van der Waals surface area contributed by atoms with Crippen LogP contribution in [0.15, 0.2) is 28.9 Å². The molecule has 0 unspecified atom stereocenters. The monoisotopic (exact) mass is 294 g/mol. The van der Waals surface area contributed by atoms with Crippen LogP contribution in [0.2, 0.25) is 0 Å². The Morgan fingerprint density at radius 3 is 2.65 bits per heavy atom. The molecule has 2 rings (SSSR count). The molecule has 1 heterocycles. The van der Waals surface area contributed by atoms with E-state index in [2.05, 4.69) is 20.9 Å². The first kappa shape index (κ1) is 11.9. The number of imidazole rings is 1. The molecule has 17 heavy (non-hydrogen) atoms. The van der Waals surface area contributed by atoms with Crippen LogP contribution < -0.4 is 0 Å². The summed E-state index contributed by atoms with van der Waals surface area (Å²) in [4.78, 5) is 14.8. The van der Waals surface area contributed by atoms with Gasteiger partial charge in [0.25, 0.3) is 0 Å². The van der Waals surface area contributed by atoms with Crippen molar-refractivity contribution >= 4 is 21.9 Å². The predicted octanol–water partition coefficient (Wildman–Crippen LogP) is 2.95. The number of rotatable bonds is 2. The number of nitrogens with zero attached hydrogens (tertiary/aromatic N) is 2. The van der Waals surface area contributed by atoms with Gasteiger partial charge in [0.1, 0.15) is 5.82 Å². The van der Waals surface area contributed by atoms with Crippen molar-refractivity contribution in [3.8, 4) is 5.69 Å². The summed E-state index contributed by atoms with van der Waals surface area (Å²) < 4.78 is 2.74. The van der Waals surface area contributed by atoms with Gasteiger partial charge in [-0.3, -0.25) is 0 Å². The number of hydrogen-bond acceptors (Lipinski definition) is 2.